The Balaban J connectivity index is 1.77. The highest BCUT2D eigenvalue weighted by atomic mass is 19.4. The minimum atomic E-state index is -4.26. The quantitative estimate of drug-likeness (QED) is 0.909. The maximum Gasteiger partial charge on any atom is 0.416 e. The topological polar surface area (TPSA) is 15.3 Å². The predicted molar refractivity (Wildman–Crippen MR) is 80.5 cm³/mol. The van der Waals surface area contributed by atoms with Crippen molar-refractivity contribution in [3.8, 4) is 0 Å². The molecule has 1 aliphatic heterocycles. The SMILES string of the molecule is FC(F)(F)c1cccc(CN(C2CCCC2)C2CCNC2)c1. The zero-order valence-electron chi connectivity index (χ0n) is 12.7. The van der Waals surface area contributed by atoms with Gasteiger partial charge in [0.2, 0.25) is 0 Å². The summed E-state index contributed by atoms with van der Waals surface area (Å²) in [7, 11) is 0. The van der Waals surface area contributed by atoms with Crippen LogP contribution in [0.3, 0.4) is 0 Å². The van der Waals surface area contributed by atoms with E-state index in [2.05, 4.69) is 10.2 Å². The van der Waals surface area contributed by atoms with E-state index >= 15 is 0 Å². The molecule has 1 atom stereocenters. The van der Waals surface area contributed by atoms with Crippen molar-refractivity contribution < 1.29 is 13.2 Å². The summed E-state index contributed by atoms with van der Waals surface area (Å²) in [5.41, 5.74) is 0.231. The molecule has 1 heterocycles. The van der Waals surface area contributed by atoms with Crippen LogP contribution in [0.1, 0.15) is 43.2 Å². The standard InChI is InChI=1S/C17H23F3N2/c18-17(19,20)14-5-3-4-13(10-14)12-22(15-6-1-2-7-15)16-8-9-21-11-16/h3-5,10,15-16,21H,1-2,6-9,11-12H2. The highest BCUT2D eigenvalue weighted by Crippen LogP contribution is 2.32. The van der Waals surface area contributed by atoms with E-state index in [4.69, 9.17) is 0 Å². The smallest absolute Gasteiger partial charge is 0.315 e. The van der Waals surface area contributed by atoms with Crippen LogP contribution in [0, 0.1) is 0 Å². The number of alkyl halides is 3. The first kappa shape index (κ1) is 15.8. The highest BCUT2D eigenvalue weighted by molar-refractivity contribution is 5.25. The second-order valence-corrected chi connectivity index (χ2v) is 6.46. The van der Waals surface area contributed by atoms with Crippen LogP contribution in [0.15, 0.2) is 24.3 Å². The fraction of sp³-hybridized carbons (Fsp3) is 0.647. The van der Waals surface area contributed by atoms with Crippen molar-refractivity contribution in [1.29, 1.82) is 0 Å². The van der Waals surface area contributed by atoms with Gasteiger partial charge in [0, 0.05) is 25.2 Å². The zero-order chi connectivity index (χ0) is 15.6. The van der Waals surface area contributed by atoms with Gasteiger partial charge in [-0.2, -0.15) is 13.2 Å². The zero-order valence-corrected chi connectivity index (χ0v) is 12.7. The van der Waals surface area contributed by atoms with Crippen molar-refractivity contribution in [2.45, 2.75) is 56.9 Å². The molecule has 3 rings (SSSR count). The fourth-order valence-electron chi connectivity index (χ4n) is 3.77. The molecule has 1 aliphatic carbocycles. The van der Waals surface area contributed by atoms with Gasteiger partial charge in [0.25, 0.3) is 0 Å². The molecule has 0 radical (unpaired) electrons. The van der Waals surface area contributed by atoms with Crippen molar-refractivity contribution in [2.75, 3.05) is 13.1 Å². The minimum absolute atomic E-state index is 0.456. The Labute approximate surface area is 129 Å². The number of hydrogen-bond acceptors (Lipinski definition) is 2. The Bertz CT molecular complexity index is 473. The predicted octanol–water partition coefficient (Wildman–Crippen LogP) is 3.81. The molecule has 0 bridgehead atoms. The number of nitrogens with zero attached hydrogens (tertiary/aromatic N) is 1. The maximum atomic E-state index is 12.9. The number of nitrogens with one attached hydrogen (secondary N) is 1. The number of benzene rings is 1. The van der Waals surface area contributed by atoms with Gasteiger partial charge in [0.1, 0.15) is 0 Å². The molecule has 1 saturated heterocycles. The fourth-order valence-corrected chi connectivity index (χ4v) is 3.77. The Kier molecular flexibility index (Phi) is 4.73. The summed E-state index contributed by atoms with van der Waals surface area (Å²) in [4.78, 5) is 2.45. The van der Waals surface area contributed by atoms with Gasteiger partial charge in [0.05, 0.1) is 5.56 Å². The molecule has 0 aromatic heterocycles. The van der Waals surface area contributed by atoms with E-state index in [1.165, 1.54) is 37.8 Å². The molecule has 2 nitrogen and oxygen atoms in total. The first-order valence-electron chi connectivity index (χ1n) is 8.16. The summed E-state index contributed by atoms with van der Waals surface area (Å²) in [6, 6.07) is 6.79. The average molecular weight is 312 g/mol. The van der Waals surface area contributed by atoms with Crippen LogP contribution in [0.2, 0.25) is 0 Å². The lowest BCUT2D eigenvalue weighted by molar-refractivity contribution is -0.137. The minimum Gasteiger partial charge on any atom is -0.315 e. The summed E-state index contributed by atoms with van der Waals surface area (Å²) in [6.45, 7) is 2.59. The summed E-state index contributed by atoms with van der Waals surface area (Å²) in [6.07, 6.45) is 1.66. The highest BCUT2D eigenvalue weighted by Gasteiger charge is 2.32. The second-order valence-electron chi connectivity index (χ2n) is 6.46. The van der Waals surface area contributed by atoms with E-state index in [1.54, 1.807) is 0 Å². The van der Waals surface area contributed by atoms with Crippen molar-refractivity contribution in [1.82, 2.24) is 10.2 Å². The molecule has 0 amide bonds. The van der Waals surface area contributed by atoms with Crippen molar-refractivity contribution >= 4 is 0 Å². The maximum absolute atomic E-state index is 12.9. The van der Waals surface area contributed by atoms with E-state index in [9.17, 15) is 13.2 Å². The lowest BCUT2D eigenvalue weighted by atomic mass is 10.1. The monoisotopic (exact) mass is 312 g/mol. The first-order valence-corrected chi connectivity index (χ1v) is 8.16. The molecule has 1 aromatic rings. The van der Waals surface area contributed by atoms with Crippen LogP contribution in [-0.2, 0) is 12.7 Å². The van der Waals surface area contributed by atoms with Crippen LogP contribution < -0.4 is 5.32 Å². The van der Waals surface area contributed by atoms with E-state index in [1.807, 2.05) is 6.07 Å². The van der Waals surface area contributed by atoms with Crippen molar-refractivity contribution in [3.05, 3.63) is 35.4 Å². The Hall–Kier alpha value is -1.07. The normalized spacial score (nSPS) is 23.5. The van der Waals surface area contributed by atoms with Gasteiger partial charge in [-0.15, -0.1) is 0 Å². The van der Waals surface area contributed by atoms with Crippen LogP contribution in [0.4, 0.5) is 13.2 Å². The third-order valence-electron chi connectivity index (χ3n) is 4.92. The average Bonchev–Trinajstić information content (AvgIpc) is 3.18. The van der Waals surface area contributed by atoms with Gasteiger partial charge in [-0.25, -0.2) is 0 Å². The molecule has 1 aromatic carbocycles. The molecule has 1 saturated carbocycles. The summed E-state index contributed by atoms with van der Waals surface area (Å²) >= 11 is 0. The first-order chi connectivity index (χ1) is 10.5. The van der Waals surface area contributed by atoms with E-state index < -0.39 is 11.7 Å². The third kappa shape index (κ3) is 3.63. The second kappa shape index (κ2) is 6.59. The number of hydrogen-bond donors (Lipinski definition) is 1. The lowest BCUT2D eigenvalue weighted by Crippen LogP contribution is -2.42. The summed E-state index contributed by atoms with van der Waals surface area (Å²) in [5.74, 6) is 0. The van der Waals surface area contributed by atoms with Crippen molar-refractivity contribution in [3.63, 3.8) is 0 Å². The lowest BCUT2D eigenvalue weighted by Gasteiger charge is -2.34. The molecular weight excluding hydrogens is 289 g/mol. The third-order valence-corrected chi connectivity index (χ3v) is 4.92. The molecule has 5 heteroatoms. The Morgan fingerprint density at radius 2 is 1.86 bits per heavy atom. The van der Waals surface area contributed by atoms with E-state index in [0.717, 1.165) is 31.1 Å². The molecule has 1 N–H and O–H groups in total. The number of halogens is 3. The largest absolute Gasteiger partial charge is 0.416 e. The van der Waals surface area contributed by atoms with E-state index in [0.29, 0.717) is 18.6 Å². The summed E-state index contributed by atoms with van der Waals surface area (Å²) < 4.78 is 38.7. The molecule has 1 unspecified atom stereocenters. The molecular formula is C17H23F3N2. The molecule has 22 heavy (non-hydrogen) atoms. The Morgan fingerprint density at radius 1 is 1.09 bits per heavy atom. The van der Waals surface area contributed by atoms with Gasteiger partial charge in [-0.3, -0.25) is 4.90 Å². The van der Waals surface area contributed by atoms with Crippen LogP contribution >= 0.6 is 0 Å². The van der Waals surface area contributed by atoms with Gasteiger partial charge >= 0.3 is 6.18 Å². The van der Waals surface area contributed by atoms with Crippen LogP contribution in [-0.4, -0.2) is 30.1 Å². The van der Waals surface area contributed by atoms with Gasteiger partial charge in [0.15, 0.2) is 0 Å². The van der Waals surface area contributed by atoms with Crippen molar-refractivity contribution in [2.24, 2.45) is 0 Å². The molecule has 0 spiro atoms. The van der Waals surface area contributed by atoms with Gasteiger partial charge < -0.3 is 5.32 Å². The Morgan fingerprint density at radius 3 is 2.50 bits per heavy atom. The van der Waals surface area contributed by atoms with Crippen LogP contribution in [0.25, 0.3) is 0 Å². The number of rotatable bonds is 4. The molecule has 2 aliphatic rings. The molecule has 122 valence electrons. The summed E-state index contributed by atoms with van der Waals surface area (Å²) in [5, 5.41) is 3.38. The van der Waals surface area contributed by atoms with E-state index in [-0.39, 0.29) is 0 Å². The molecule has 2 fully saturated rings. The van der Waals surface area contributed by atoms with Crippen LogP contribution in [0.5, 0.6) is 0 Å². The van der Waals surface area contributed by atoms with Gasteiger partial charge in [-0.1, -0.05) is 31.0 Å². The van der Waals surface area contributed by atoms with Gasteiger partial charge in [-0.05, 0) is 37.4 Å².